The van der Waals surface area contributed by atoms with Crippen molar-refractivity contribution >= 4 is 29.1 Å². The fraction of sp³-hybridized carbons (Fsp3) is 0.588. The van der Waals surface area contributed by atoms with Crippen LogP contribution >= 0.6 is 23.2 Å². The molecule has 22 heavy (non-hydrogen) atoms. The molecule has 3 rings (SSSR count). The van der Waals surface area contributed by atoms with Gasteiger partial charge in [0.05, 0.1) is 10.0 Å². The number of rotatable bonds is 2. The van der Waals surface area contributed by atoms with Gasteiger partial charge in [-0.25, -0.2) is 0 Å². The van der Waals surface area contributed by atoms with Crippen molar-refractivity contribution in [2.45, 2.75) is 31.7 Å². The van der Waals surface area contributed by atoms with Crippen LogP contribution in [0.1, 0.15) is 36.0 Å². The smallest absolute Gasteiger partial charge is 0.251 e. The molecule has 3 nitrogen and oxygen atoms in total. The predicted octanol–water partition coefficient (Wildman–Crippen LogP) is 3.84. The minimum absolute atomic E-state index is 0.0440. The molecule has 0 unspecified atom stereocenters. The van der Waals surface area contributed by atoms with Crippen LogP contribution in [0.25, 0.3) is 0 Å². The van der Waals surface area contributed by atoms with Gasteiger partial charge in [0.2, 0.25) is 0 Å². The molecule has 0 spiro atoms. The van der Waals surface area contributed by atoms with E-state index in [-0.39, 0.29) is 11.9 Å². The molecule has 1 aliphatic carbocycles. The van der Waals surface area contributed by atoms with E-state index in [1.54, 1.807) is 18.2 Å². The first-order valence-electron chi connectivity index (χ1n) is 7.99. The Labute approximate surface area is 142 Å². The first-order chi connectivity index (χ1) is 10.5. The SMILES string of the molecule is CN1CC[C@H]2CCC[C@@H](NC(=O)c3ccc(Cl)c(Cl)c3)[C@@H]2C1. The van der Waals surface area contributed by atoms with Crippen molar-refractivity contribution in [2.75, 3.05) is 20.1 Å². The van der Waals surface area contributed by atoms with Gasteiger partial charge in [-0.1, -0.05) is 29.6 Å². The number of likely N-dealkylation sites (tertiary alicyclic amines) is 1. The minimum Gasteiger partial charge on any atom is -0.349 e. The van der Waals surface area contributed by atoms with E-state index in [0.29, 0.717) is 21.5 Å². The summed E-state index contributed by atoms with van der Waals surface area (Å²) in [5.74, 6) is 1.28. The molecular formula is C17H22Cl2N2O. The summed E-state index contributed by atoms with van der Waals surface area (Å²) in [5.41, 5.74) is 0.584. The van der Waals surface area contributed by atoms with Crippen molar-refractivity contribution < 1.29 is 4.79 Å². The highest BCUT2D eigenvalue weighted by atomic mass is 35.5. The van der Waals surface area contributed by atoms with Crippen molar-refractivity contribution in [2.24, 2.45) is 11.8 Å². The van der Waals surface area contributed by atoms with E-state index in [9.17, 15) is 4.79 Å². The van der Waals surface area contributed by atoms with Gasteiger partial charge in [0.25, 0.3) is 5.91 Å². The molecule has 1 aliphatic heterocycles. The molecule has 120 valence electrons. The van der Waals surface area contributed by atoms with Crippen molar-refractivity contribution in [1.29, 1.82) is 0 Å². The van der Waals surface area contributed by atoms with Crippen LogP contribution in [0.2, 0.25) is 10.0 Å². The molecule has 1 N–H and O–H groups in total. The maximum atomic E-state index is 12.5. The maximum Gasteiger partial charge on any atom is 0.251 e. The standard InChI is InChI=1S/C17H22Cl2N2O/c1-21-8-7-11-3-2-4-16(13(11)10-21)20-17(22)12-5-6-14(18)15(19)9-12/h5-6,9,11,13,16H,2-4,7-8,10H2,1H3,(H,20,22)/t11-,13-,16-/m1/s1. The first kappa shape index (κ1) is 16.1. The molecule has 1 amide bonds. The molecule has 3 atom stereocenters. The van der Waals surface area contributed by atoms with Crippen LogP contribution in [0.3, 0.4) is 0 Å². The average Bonchev–Trinajstić information content (AvgIpc) is 2.50. The highest BCUT2D eigenvalue weighted by Gasteiger charge is 2.37. The van der Waals surface area contributed by atoms with Crippen LogP contribution in [0, 0.1) is 11.8 Å². The third-order valence-electron chi connectivity index (χ3n) is 5.11. The summed E-state index contributed by atoms with van der Waals surface area (Å²) in [7, 11) is 2.17. The largest absolute Gasteiger partial charge is 0.349 e. The molecule has 1 saturated heterocycles. The van der Waals surface area contributed by atoms with E-state index in [0.717, 1.165) is 18.9 Å². The van der Waals surface area contributed by atoms with Gasteiger partial charge in [-0.05, 0) is 62.9 Å². The molecule has 1 saturated carbocycles. The number of carbonyl (C=O) groups is 1. The second-order valence-corrected chi connectivity index (χ2v) is 7.43. The van der Waals surface area contributed by atoms with Gasteiger partial charge in [-0.2, -0.15) is 0 Å². The Kier molecular flexibility index (Phi) is 4.96. The summed E-state index contributed by atoms with van der Waals surface area (Å²) < 4.78 is 0. The van der Waals surface area contributed by atoms with Gasteiger partial charge in [0, 0.05) is 18.2 Å². The summed E-state index contributed by atoms with van der Waals surface area (Å²) in [6, 6.07) is 5.32. The third-order valence-corrected chi connectivity index (χ3v) is 5.85. The predicted molar refractivity (Wildman–Crippen MR) is 90.7 cm³/mol. The summed E-state index contributed by atoms with van der Waals surface area (Å²) >= 11 is 11.9. The fourth-order valence-corrected chi connectivity index (χ4v) is 4.20. The lowest BCUT2D eigenvalue weighted by Crippen LogP contribution is -2.52. The molecule has 1 aromatic carbocycles. The van der Waals surface area contributed by atoms with Crippen LogP contribution in [-0.2, 0) is 0 Å². The quantitative estimate of drug-likeness (QED) is 0.886. The third kappa shape index (κ3) is 3.42. The topological polar surface area (TPSA) is 32.3 Å². The highest BCUT2D eigenvalue weighted by Crippen LogP contribution is 2.36. The zero-order valence-corrected chi connectivity index (χ0v) is 14.3. The number of amides is 1. The van der Waals surface area contributed by atoms with Crippen molar-refractivity contribution in [3.8, 4) is 0 Å². The molecule has 5 heteroatoms. The molecule has 0 radical (unpaired) electrons. The van der Waals surface area contributed by atoms with Gasteiger partial charge < -0.3 is 10.2 Å². The summed E-state index contributed by atoms with van der Waals surface area (Å²) in [6.45, 7) is 2.26. The van der Waals surface area contributed by atoms with E-state index >= 15 is 0 Å². The summed E-state index contributed by atoms with van der Waals surface area (Å²) in [4.78, 5) is 14.9. The second-order valence-electron chi connectivity index (χ2n) is 6.61. The van der Waals surface area contributed by atoms with Crippen molar-refractivity contribution in [1.82, 2.24) is 10.2 Å². The van der Waals surface area contributed by atoms with Gasteiger partial charge in [-0.3, -0.25) is 4.79 Å². The molecular weight excluding hydrogens is 319 g/mol. The van der Waals surface area contributed by atoms with Crippen LogP contribution in [0.5, 0.6) is 0 Å². The lowest BCUT2D eigenvalue weighted by atomic mass is 9.72. The number of benzene rings is 1. The van der Waals surface area contributed by atoms with Crippen molar-refractivity contribution in [3.63, 3.8) is 0 Å². The monoisotopic (exact) mass is 340 g/mol. The summed E-state index contributed by atoms with van der Waals surface area (Å²) in [6.07, 6.45) is 4.83. The Balaban J connectivity index is 1.70. The highest BCUT2D eigenvalue weighted by molar-refractivity contribution is 6.42. The van der Waals surface area contributed by atoms with E-state index in [2.05, 4.69) is 17.3 Å². The molecule has 2 fully saturated rings. The van der Waals surface area contributed by atoms with Crippen LogP contribution in [0.15, 0.2) is 18.2 Å². The lowest BCUT2D eigenvalue weighted by Gasteiger charge is -2.44. The molecule has 0 bridgehead atoms. The molecule has 2 aliphatic rings. The van der Waals surface area contributed by atoms with E-state index in [1.165, 1.54) is 25.8 Å². The normalized spacial score (nSPS) is 29.0. The number of hydrogen-bond acceptors (Lipinski definition) is 2. The van der Waals surface area contributed by atoms with E-state index in [4.69, 9.17) is 23.2 Å². The number of nitrogens with zero attached hydrogens (tertiary/aromatic N) is 1. The van der Waals surface area contributed by atoms with Gasteiger partial charge in [0.1, 0.15) is 0 Å². The lowest BCUT2D eigenvalue weighted by molar-refractivity contribution is 0.0650. The van der Waals surface area contributed by atoms with Gasteiger partial charge >= 0.3 is 0 Å². The zero-order chi connectivity index (χ0) is 15.7. The Hall–Kier alpha value is -0.770. The Morgan fingerprint density at radius 1 is 1.23 bits per heavy atom. The van der Waals surface area contributed by atoms with Crippen molar-refractivity contribution in [3.05, 3.63) is 33.8 Å². The number of halogens is 2. The van der Waals surface area contributed by atoms with E-state index < -0.39 is 0 Å². The minimum atomic E-state index is -0.0440. The molecule has 1 heterocycles. The molecule has 0 aromatic heterocycles. The van der Waals surface area contributed by atoms with Gasteiger partial charge in [-0.15, -0.1) is 0 Å². The van der Waals surface area contributed by atoms with Crippen LogP contribution < -0.4 is 5.32 Å². The number of piperidine rings is 1. The summed E-state index contributed by atoms with van der Waals surface area (Å²) in [5, 5.41) is 4.14. The Morgan fingerprint density at radius 2 is 2.05 bits per heavy atom. The van der Waals surface area contributed by atoms with E-state index in [1.807, 2.05) is 0 Å². The second kappa shape index (κ2) is 6.77. The Bertz CT molecular complexity index is 564. The average molecular weight is 341 g/mol. The zero-order valence-electron chi connectivity index (χ0n) is 12.8. The number of carbonyl (C=O) groups excluding carboxylic acids is 1. The van der Waals surface area contributed by atoms with Crippen LogP contribution in [0.4, 0.5) is 0 Å². The number of fused-ring (bicyclic) bond motifs is 1. The first-order valence-corrected chi connectivity index (χ1v) is 8.74. The van der Waals surface area contributed by atoms with Gasteiger partial charge in [0.15, 0.2) is 0 Å². The maximum absolute atomic E-state index is 12.5. The van der Waals surface area contributed by atoms with Crippen LogP contribution in [-0.4, -0.2) is 37.0 Å². The number of nitrogens with one attached hydrogen (secondary N) is 1. The number of hydrogen-bond donors (Lipinski definition) is 1. The molecule has 1 aromatic rings. The fourth-order valence-electron chi connectivity index (χ4n) is 3.90. The Morgan fingerprint density at radius 3 is 2.82 bits per heavy atom.